The summed E-state index contributed by atoms with van der Waals surface area (Å²) in [6, 6.07) is 4.45. The first-order valence-corrected chi connectivity index (χ1v) is 5.94. The van der Waals surface area contributed by atoms with Gasteiger partial charge in [0.1, 0.15) is 0 Å². The van der Waals surface area contributed by atoms with E-state index >= 15 is 0 Å². The predicted molar refractivity (Wildman–Crippen MR) is 67.4 cm³/mol. The first-order valence-electron chi connectivity index (χ1n) is 5.15. The molecule has 0 amide bonds. The Morgan fingerprint density at radius 3 is 2.56 bits per heavy atom. The molecule has 1 aromatic carbocycles. The first kappa shape index (κ1) is 14.4. The molecule has 0 saturated carbocycles. The Kier molecular flexibility index (Phi) is 5.03. The molecule has 96 valence electrons. The summed E-state index contributed by atoms with van der Waals surface area (Å²) in [5.74, 6) is -2.55. The molecule has 0 fully saturated rings. The minimum absolute atomic E-state index is 0.0608. The van der Waals surface area contributed by atoms with Gasteiger partial charge in [0.2, 0.25) is 5.43 Å². The van der Waals surface area contributed by atoms with E-state index in [1.807, 2.05) is 0 Å². The number of rotatable bonds is 2. The second kappa shape index (κ2) is 6.30. The maximum atomic E-state index is 11.8. The number of carbonyl (C=O) groups is 2. The van der Waals surface area contributed by atoms with Crippen LogP contribution in [0.4, 0.5) is 0 Å². The third-order valence-electron chi connectivity index (χ3n) is 1.98. The van der Waals surface area contributed by atoms with Crippen molar-refractivity contribution in [1.29, 1.82) is 0 Å². The average molecular weight is 315 g/mol. The van der Waals surface area contributed by atoms with E-state index < -0.39 is 17.4 Å². The molecule has 0 aliphatic carbocycles. The quantitative estimate of drug-likeness (QED) is 0.612. The molecule has 0 unspecified atom stereocenters. The third kappa shape index (κ3) is 3.66. The largest absolute Gasteiger partial charge is 0.458 e. The Bertz CT molecular complexity index is 538. The fourth-order valence-electron chi connectivity index (χ4n) is 1.16. The van der Waals surface area contributed by atoms with Crippen LogP contribution in [0.1, 0.15) is 12.5 Å². The Morgan fingerprint density at radius 1 is 1.28 bits per heavy atom. The van der Waals surface area contributed by atoms with E-state index in [2.05, 4.69) is 20.7 Å². The number of ether oxygens (including phenoxy) is 2. The monoisotopic (exact) mass is 314 g/mol. The van der Waals surface area contributed by atoms with Crippen molar-refractivity contribution in [3.05, 3.63) is 38.5 Å². The summed E-state index contributed by atoms with van der Waals surface area (Å²) in [7, 11) is 0. The van der Waals surface area contributed by atoms with Crippen molar-refractivity contribution in [2.24, 2.45) is 0 Å². The molecule has 0 bridgehead atoms. The van der Waals surface area contributed by atoms with Gasteiger partial charge in [-0.2, -0.15) is 0 Å². The Balaban J connectivity index is 3.03. The minimum Gasteiger partial charge on any atom is -0.458 e. The Morgan fingerprint density at radius 2 is 1.94 bits per heavy atom. The van der Waals surface area contributed by atoms with Crippen LogP contribution in [0, 0.1) is 6.92 Å². The third-order valence-corrected chi connectivity index (χ3v) is 2.47. The van der Waals surface area contributed by atoms with E-state index in [-0.39, 0.29) is 12.4 Å². The van der Waals surface area contributed by atoms with E-state index in [4.69, 9.17) is 4.74 Å². The fourth-order valence-corrected chi connectivity index (χ4v) is 1.63. The molecule has 18 heavy (non-hydrogen) atoms. The molecule has 0 radical (unpaired) electrons. The lowest BCUT2D eigenvalue weighted by Gasteiger charge is -2.01. The van der Waals surface area contributed by atoms with Gasteiger partial charge in [-0.3, -0.25) is 4.79 Å². The maximum Gasteiger partial charge on any atom is 0.422 e. The molecule has 1 aromatic rings. The predicted octanol–water partition coefficient (Wildman–Crippen LogP) is 1.59. The summed E-state index contributed by atoms with van der Waals surface area (Å²) >= 11 is 3.21. The highest BCUT2D eigenvalue weighted by Gasteiger charge is 2.19. The van der Waals surface area contributed by atoms with Crippen LogP contribution in [0.25, 0.3) is 0 Å². The molecule has 6 heteroatoms. The van der Waals surface area contributed by atoms with Gasteiger partial charge >= 0.3 is 11.9 Å². The first-order chi connectivity index (χ1) is 8.45. The van der Waals surface area contributed by atoms with Crippen molar-refractivity contribution in [2.45, 2.75) is 13.8 Å². The molecule has 0 N–H and O–H groups in total. The van der Waals surface area contributed by atoms with Gasteiger partial charge in [-0.05, 0) is 32.0 Å². The lowest BCUT2D eigenvalue weighted by molar-refractivity contribution is -0.161. The van der Waals surface area contributed by atoms with Gasteiger partial charge in [0.15, 0.2) is 5.75 Å². The molecule has 5 nitrogen and oxygen atoms in total. The van der Waals surface area contributed by atoms with E-state index in [1.54, 1.807) is 26.0 Å². The lowest BCUT2D eigenvalue weighted by atomic mass is 10.3. The summed E-state index contributed by atoms with van der Waals surface area (Å²) in [6.07, 6.45) is 0. The molecule has 0 saturated heterocycles. The van der Waals surface area contributed by atoms with Gasteiger partial charge in [0.25, 0.3) is 0 Å². The molecule has 0 aromatic heterocycles. The van der Waals surface area contributed by atoms with Crippen LogP contribution in [0.15, 0.2) is 27.5 Å². The van der Waals surface area contributed by atoms with Gasteiger partial charge in [0.05, 0.1) is 6.61 Å². The van der Waals surface area contributed by atoms with Crippen LogP contribution in [0.3, 0.4) is 0 Å². The number of halogens is 1. The molecule has 0 atom stereocenters. The van der Waals surface area contributed by atoms with E-state index in [1.165, 1.54) is 6.07 Å². The van der Waals surface area contributed by atoms with Crippen molar-refractivity contribution in [1.82, 2.24) is 0 Å². The zero-order chi connectivity index (χ0) is 13.7. The van der Waals surface area contributed by atoms with Crippen LogP contribution >= 0.6 is 15.9 Å². The number of carbonyl (C=O) groups excluding carboxylic acids is 2. The van der Waals surface area contributed by atoms with E-state index in [0.717, 1.165) is 0 Å². The summed E-state index contributed by atoms with van der Waals surface area (Å²) in [5.41, 5.74) is -0.0723. The molecule has 0 aliphatic rings. The fraction of sp³-hybridized carbons (Fsp3) is 0.250. The number of hydrogen-bond acceptors (Lipinski definition) is 5. The SMILES string of the molecule is CCOC(=O)C(=O)Oc1ccc(Br)cc(C)c1=O. The zero-order valence-corrected chi connectivity index (χ0v) is 11.4. The molecule has 0 aliphatic heterocycles. The van der Waals surface area contributed by atoms with Gasteiger partial charge in [0, 0.05) is 10.0 Å². The van der Waals surface area contributed by atoms with E-state index in [0.29, 0.717) is 10.0 Å². The summed E-state index contributed by atoms with van der Waals surface area (Å²) in [4.78, 5) is 34.2. The smallest absolute Gasteiger partial charge is 0.422 e. The van der Waals surface area contributed by atoms with Crippen LogP contribution < -0.4 is 10.2 Å². The number of aryl methyl sites for hydroxylation is 1. The summed E-state index contributed by atoms with van der Waals surface area (Å²) in [5, 5.41) is 0. The molecular weight excluding hydrogens is 304 g/mol. The highest BCUT2D eigenvalue weighted by atomic mass is 79.9. The van der Waals surface area contributed by atoms with Crippen LogP contribution in [0.2, 0.25) is 0 Å². The summed E-state index contributed by atoms with van der Waals surface area (Å²) in [6.45, 7) is 3.20. The van der Waals surface area contributed by atoms with Crippen molar-refractivity contribution >= 4 is 27.9 Å². The molecular formula is C12H11BrO5. The van der Waals surface area contributed by atoms with Crippen LogP contribution in [0.5, 0.6) is 5.75 Å². The van der Waals surface area contributed by atoms with Crippen molar-refractivity contribution in [2.75, 3.05) is 6.61 Å². The highest BCUT2D eigenvalue weighted by molar-refractivity contribution is 9.10. The minimum atomic E-state index is -1.21. The maximum absolute atomic E-state index is 11.8. The lowest BCUT2D eigenvalue weighted by Crippen LogP contribution is -2.25. The molecule has 0 spiro atoms. The topological polar surface area (TPSA) is 69.7 Å². The van der Waals surface area contributed by atoms with Crippen LogP contribution in [-0.4, -0.2) is 18.5 Å². The number of hydrogen-bond donors (Lipinski definition) is 0. The van der Waals surface area contributed by atoms with Gasteiger partial charge in [-0.1, -0.05) is 15.9 Å². The van der Waals surface area contributed by atoms with Gasteiger partial charge in [-0.25, -0.2) is 9.59 Å². The van der Waals surface area contributed by atoms with Crippen molar-refractivity contribution < 1.29 is 19.1 Å². The van der Waals surface area contributed by atoms with Crippen molar-refractivity contribution in [3.8, 4) is 5.75 Å². The van der Waals surface area contributed by atoms with Gasteiger partial charge < -0.3 is 9.47 Å². The van der Waals surface area contributed by atoms with E-state index in [9.17, 15) is 14.4 Å². The number of esters is 2. The second-order valence-corrected chi connectivity index (χ2v) is 4.26. The second-order valence-electron chi connectivity index (χ2n) is 3.35. The zero-order valence-electron chi connectivity index (χ0n) is 9.86. The van der Waals surface area contributed by atoms with Crippen LogP contribution in [-0.2, 0) is 14.3 Å². The standard InChI is InChI=1S/C12H11BrO5/c1-3-17-11(15)12(16)18-9-5-4-8(13)6-7(2)10(9)14/h4-6H,3H2,1-2H3. The Hall–Kier alpha value is -1.69. The summed E-state index contributed by atoms with van der Waals surface area (Å²) < 4.78 is 9.84. The molecule has 1 rings (SSSR count). The highest BCUT2D eigenvalue weighted by Crippen LogP contribution is 2.12. The normalized spacial score (nSPS) is 9.72. The molecule has 0 heterocycles. The van der Waals surface area contributed by atoms with Gasteiger partial charge in [-0.15, -0.1) is 0 Å². The Labute approximate surface area is 112 Å². The van der Waals surface area contributed by atoms with Crippen molar-refractivity contribution in [3.63, 3.8) is 0 Å². The average Bonchev–Trinajstić information content (AvgIpc) is 2.43.